The summed E-state index contributed by atoms with van der Waals surface area (Å²) in [5, 5.41) is 7.07. The maximum Gasteiger partial charge on any atom is 0.251 e. The molecule has 4 rings (SSSR count). The van der Waals surface area contributed by atoms with Crippen molar-refractivity contribution in [1.82, 2.24) is 15.6 Å². The van der Waals surface area contributed by atoms with Crippen LogP contribution in [-0.2, 0) is 6.42 Å². The van der Waals surface area contributed by atoms with Gasteiger partial charge in [0.2, 0.25) is 0 Å². The van der Waals surface area contributed by atoms with Crippen molar-refractivity contribution in [3.63, 3.8) is 0 Å². The lowest BCUT2D eigenvalue weighted by Gasteiger charge is -2.07. The average molecular weight is 347 g/mol. The average Bonchev–Trinajstić information content (AvgIpc) is 3.39. The lowest BCUT2D eigenvalue weighted by Crippen LogP contribution is -2.27. The van der Waals surface area contributed by atoms with Crippen molar-refractivity contribution in [3.05, 3.63) is 71.4 Å². The maximum absolute atomic E-state index is 12.3. The van der Waals surface area contributed by atoms with Crippen LogP contribution in [0, 0.1) is 0 Å². The van der Waals surface area contributed by atoms with E-state index >= 15 is 0 Å². The normalized spacial score (nSPS) is 13.5. The molecule has 1 fully saturated rings. The highest BCUT2D eigenvalue weighted by molar-refractivity contribution is 5.98. The van der Waals surface area contributed by atoms with E-state index < -0.39 is 0 Å². The molecule has 3 N–H and O–H groups in total. The third-order valence-corrected chi connectivity index (χ3v) is 4.68. The van der Waals surface area contributed by atoms with Crippen molar-refractivity contribution in [2.75, 3.05) is 6.54 Å². The number of benzene rings is 2. The van der Waals surface area contributed by atoms with Crippen LogP contribution in [0.2, 0.25) is 0 Å². The van der Waals surface area contributed by atoms with Crippen LogP contribution in [0.25, 0.3) is 10.9 Å². The Labute approximate surface area is 151 Å². The van der Waals surface area contributed by atoms with Gasteiger partial charge in [-0.3, -0.25) is 9.59 Å². The zero-order valence-electron chi connectivity index (χ0n) is 14.4. The lowest BCUT2D eigenvalue weighted by atomic mass is 10.1. The summed E-state index contributed by atoms with van der Waals surface area (Å²) in [5.41, 5.74) is 3.45. The standard InChI is InChI=1S/C21H21N3O2/c25-20(14-5-7-15(8-6-14)21(26)24-17-9-10-17)22-12-11-16-13-23-19-4-2-1-3-18(16)19/h1-8,13,17,23H,9-12H2,(H,22,25)(H,24,26). The zero-order chi connectivity index (χ0) is 17.9. The van der Waals surface area contributed by atoms with Crippen molar-refractivity contribution in [2.24, 2.45) is 0 Å². The number of H-pyrrole nitrogens is 1. The number of carbonyl (C=O) groups excluding carboxylic acids is 2. The van der Waals surface area contributed by atoms with E-state index in [0.717, 1.165) is 24.8 Å². The van der Waals surface area contributed by atoms with Crippen LogP contribution in [0.3, 0.4) is 0 Å². The summed E-state index contributed by atoms with van der Waals surface area (Å²) in [6.07, 6.45) is 4.87. The quantitative estimate of drug-likeness (QED) is 0.641. The van der Waals surface area contributed by atoms with Crippen LogP contribution in [-0.4, -0.2) is 29.4 Å². The van der Waals surface area contributed by atoms with Gasteiger partial charge >= 0.3 is 0 Å². The van der Waals surface area contributed by atoms with E-state index in [4.69, 9.17) is 0 Å². The first-order valence-corrected chi connectivity index (χ1v) is 8.95. The third kappa shape index (κ3) is 3.61. The molecule has 0 aliphatic heterocycles. The Balaban J connectivity index is 1.32. The van der Waals surface area contributed by atoms with Gasteiger partial charge in [0.05, 0.1) is 0 Å². The Morgan fingerprint density at radius 3 is 2.38 bits per heavy atom. The van der Waals surface area contributed by atoms with E-state index in [1.165, 1.54) is 10.9 Å². The molecule has 0 atom stereocenters. The van der Waals surface area contributed by atoms with Crippen molar-refractivity contribution < 1.29 is 9.59 Å². The van der Waals surface area contributed by atoms with E-state index in [9.17, 15) is 9.59 Å². The summed E-state index contributed by atoms with van der Waals surface area (Å²) in [6.45, 7) is 0.560. The zero-order valence-corrected chi connectivity index (χ0v) is 14.4. The van der Waals surface area contributed by atoms with Crippen molar-refractivity contribution in [3.8, 4) is 0 Å². The van der Waals surface area contributed by atoms with E-state index in [1.54, 1.807) is 24.3 Å². The Morgan fingerprint density at radius 1 is 0.962 bits per heavy atom. The topological polar surface area (TPSA) is 74.0 Å². The minimum absolute atomic E-state index is 0.0706. The van der Waals surface area contributed by atoms with Crippen LogP contribution < -0.4 is 10.6 Å². The number of nitrogens with one attached hydrogen (secondary N) is 3. The van der Waals surface area contributed by atoms with Gasteiger partial charge < -0.3 is 15.6 Å². The van der Waals surface area contributed by atoms with Gasteiger partial charge in [0.25, 0.3) is 11.8 Å². The Bertz CT molecular complexity index is 939. The third-order valence-electron chi connectivity index (χ3n) is 4.68. The number of amides is 2. The largest absolute Gasteiger partial charge is 0.361 e. The first-order valence-electron chi connectivity index (χ1n) is 8.95. The second kappa shape index (κ2) is 7.04. The summed E-state index contributed by atoms with van der Waals surface area (Å²) in [4.78, 5) is 27.5. The molecule has 1 aliphatic carbocycles. The monoisotopic (exact) mass is 347 g/mol. The van der Waals surface area contributed by atoms with Crippen LogP contribution in [0.4, 0.5) is 0 Å². The fourth-order valence-corrected chi connectivity index (χ4v) is 3.02. The summed E-state index contributed by atoms with van der Waals surface area (Å²) >= 11 is 0. The molecule has 132 valence electrons. The van der Waals surface area contributed by atoms with E-state index in [-0.39, 0.29) is 11.8 Å². The summed E-state index contributed by atoms with van der Waals surface area (Å²) in [6, 6.07) is 15.3. The van der Waals surface area contributed by atoms with Gasteiger partial charge in [-0.25, -0.2) is 0 Å². The molecule has 0 radical (unpaired) electrons. The Kier molecular flexibility index (Phi) is 4.44. The van der Waals surface area contributed by atoms with Crippen LogP contribution in [0.15, 0.2) is 54.7 Å². The molecule has 0 unspecified atom stereocenters. The molecule has 2 aromatic carbocycles. The Morgan fingerprint density at radius 2 is 1.65 bits per heavy atom. The van der Waals surface area contributed by atoms with Crippen molar-refractivity contribution in [1.29, 1.82) is 0 Å². The predicted molar refractivity (Wildman–Crippen MR) is 101 cm³/mol. The number of rotatable bonds is 6. The van der Waals surface area contributed by atoms with Gasteiger partial charge in [0.15, 0.2) is 0 Å². The number of fused-ring (bicyclic) bond motifs is 1. The molecule has 26 heavy (non-hydrogen) atoms. The highest BCUT2D eigenvalue weighted by Crippen LogP contribution is 2.19. The molecule has 0 spiro atoms. The SMILES string of the molecule is O=C(NCCc1c[nH]c2ccccc12)c1ccc(C(=O)NC2CC2)cc1. The number of hydrogen-bond acceptors (Lipinski definition) is 2. The van der Waals surface area contributed by atoms with Crippen LogP contribution in [0.1, 0.15) is 39.1 Å². The number of carbonyl (C=O) groups is 2. The van der Waals surface area contributed by atoms with Gasteiger partial charge in [0.1, 0.15) is 0 Å². The second-order valence-corrected chi connectivity index (χ2v) is 6.69. The fourth-order valence-electron chi connectivity index (χ4n) is 3.02. The van der Waals surface area contributed by atoms with Gasteiger partial charge in [-0.2, -0.15) is 0 Å². The molecule has 1 aromatic heterocycles. The fraction of sp³-hybridized carbons (Fsp3) is 0.238. The molecule has 5 nitrogen and oxygen atoms in total. The van der Waals surface area contributed by atoms with Gasteiger partial charge in [-0.05, 0) is 55.2 Å². The predicted octanol–water partition coefficient (Wildman–Crippen LogP) is 3.03. The van der Waals surface area contributed by atoms with Crippen LogP contribution >= 0.6 is 0 Å². The molecular weight excluding hydrogens is 326 g/mol. The van der Waals surface area contributed by atoms with E-state index in [2.05, 4.69) is 21.7 Å². The molecule has 3 aromatic rings. The highest BCUT2D eigenvalue weighted by atomic mass is 16.2. The highest BCUT2D eigenvalue weighted by Gasteiger charge is 2.23. The summed E-state index contributed by atoms with van der Waals surface area (Å²) in [5.74, 6) is -0.196. The van der Waals surface area contributed by atoms with E-state index in [0.29, 0.717) is 23.7 Å². The molecular formula is C21H21N3O2. The molecule has 5 heteroatoms. The van der Waals surface area contributed by atoms with Gasteiger partial charge in [-0.1, -0.05) is 18.2 Å². The lowest BCUT2D eigenvalue weighted by molar-refractivity contribution is 0.0940. The number of hydrogen-bond donors (Lipinski definition) is 3. The summed E-state index contributed by atoms with van der Waals surface area (Å²) < 4.78 is 0. The number of aromatic nitrogens is 1. The molecule has 1 heterocycles. The van der Waals surface area contributed by atoms with Gasteiger partial charge in [-0.15, -0.1) is 0 Å². The minimum atomic E-state index is -0.126. The van der Waals surface area contributed by atoms with Crippen LogP contribution in [0.5, 0.6) is 0 Å². The first kappa shape index (κ1) is 16.4. The van der Waals surface area contributed by atoms with E-state index in [1.807, 2.05) is 24.4 Å². The Hall–Kier alpha value is -3.08. The maximum atomic E-state index is 12.3. The minimum Gasteiger partial charge on any atom is -0.361 e. The molecule has 0 saturated heterocycles. The molecule has 1 aliphatic rings. The summed E-state index contributed by atoms with van der Waals surface area (Å²) in [7, 11) is 0. The smallest absolute Gasteiger partial charge is 0.251 e. The second-order valence-electron chi connectivity index (χ2n) is 6.69. The van der Waals surface area contributed by atoms with Crippen molar-refractivity contribution >= 4 is 22.7 Å². The number of para-hydroxylation sites is 1. The first-order chi connectivity index (χ1) is 12.7. The molecule has 2 amide bonds. The molecule has 1 saturated carbocycles. The molecule has 0 bridgehead atoms. The number of aromatic amines is 1. The van der Waals surface area contributed by atoms with Crippen molar-refractivity contribution in [2.45, 2.75) is 25.3 Å². The van der Waals surface area contributed by atoms with Gasteiger partial charge in [0, 0.05) is 40.8 Å².